The first-order chi connectivity index (χ1) is 15.9. The molecule has 7 heteroatoms. The highest BCUT2D eigenvalue weighted by Gasteiger charge is 2.50. The Morgan fingerprint density at radius 3 is 2.24 bits per heavy atom. The van der Waals surface area contributed by atoms with Gasteiger partial charge in [0.2, 0.25) is 0 Å². The molecule has 1 aromatic carbocycles. The normalized spacial score (nSPS) is 28.5. The number of rotatable bonds is 4. The average molecular weight is 449 g/mol. The summed E-state index contributed by atoms with van der Waals surface area (Å²) in [7, 11) is 6.51. The molecule has 2 saturated heterocycles. The number of aromatic nitrogens is 1. The van der Waals surface area contributed by atoms with Crippen LogP contribution in [0.2, 0.25) is 0 Å². The van der Waals surface area contributed by atoms with E-state index in [1.165, 1.54) is 5.56 Å². The van der Waals surface area contributed by atoms with Gasteiger partial charge in [0.1, 0.15) is 5.82 Å². The number of nitrogens with zero attached hydrogens (tertiary/aromatic N) is 5. The molecule has 0 atom stereocenters. The summed E-state index contributed by atoms with van der Waals surface area (Å²) in [5, 5.41) is 3.35. The number of piperazine rings is 1. The SMILES string of the molecule is CN1CCN(c2ccc(N3C[C@]4(CC[C@](c5ccccc5)(N(C)C)CC4)NC3=O)cn2)CC1. The molecule has 33 heavy (non-hydrogen) atoms. The van der Waals surface area contributed by atoms with Gasteiger partial charge in [-0.3, -0.25) is 9.80 Å². The maximum atomic E-state index is 13.0. The first-order valence-corrected chi connectivity index (χ1v) is 12.1. The Balaban J connectivity index is 1.28. The van der Waals surface area contributed by atoms with Crippen molar-refractivity contribution in [2.24, 2.45) is 0 Å². The van der Waals surface area contributed by atoms with Crippen LogP contribution in [0, 0.1) is 0 Å². The van der Waals surface area contributed by atoms with E-state index in [0.29, 0.717) is 6.54 Å². The minimum atomic E-state index is -0.165. The van der Waals surface area contributed by atoms with Gasteiger partial charge in [-0.25, -0.2) is 9.78 Å². The highest BCUT2D eigenvalue weighted by atomic mass is 16.2. The van der Waals surface area contributed by atoms with Gasteiger partial charge in [0.25, 0.3) is 0 Å². The van der Waals surface area contributed by atoms with Gasteiger partial charge in [-0.05, 0) is 64.5 Å². The van der Waals surface area contributed by atoms with Crippen molar-refractivity contribution in [2.45, 2.75) is 36.8 Å². The molecular formula is C26H36N6O. The first kappa shape index (κ1) is 22.2. The third-order valence-electron chi connectivity index (χ3n) is 8.15. The molecule has 1 aliphatic carbocycles. The van der Waals surface area contributed by atoms with Crippen molar-refractivity contribution >= 4 is 17.5 Å². The van der Waals surface area contributed by atoms with Crippen molar-refractivity contribution in [2.75, 3.05) is 63.7 Å². The van der Waals surface area contributed by atoms with Gasteiger partial charge in [-0.15, -0.1) is 0 Å². The van der Waals surface area contributed by atoms with Crippen LogP contribution in [0.5, 0.6) is 0 Å². The zero-order chi connectivity index (χ0) is 23.1. The molecule has 3 heterocycles. The van der Waals surface area contributed by atoms with Gasteiger partial charge in [0, 0.05) is 31.7 Å². The number of likely N-dealkylation sites (N-methyl/N-ethyl adjacent to an activating group) is 1. The monoisotopic (exact) mass is 448 g/mol. The number of hydrogen-bond acceptors (Lipinski definition) is 5. The van der Waals surface area contributed by atoms with E-state index in [1.807, 2.05) is 11.1 Å². The van der Waals surface area contributed by atoms with Crippen LogP contribution in [0.15, 0.2) is 48.7 Å². The van der Waals surface area contributed by atoms with E-state index in [2.05, 4.69) is 83.6 Å². The molecule has 2 aromatic rings. The summed E-state index contributed by atoms with van der Waals surface area (Å²) in [6.07, 6.45) is 5.85. The number of hydrogen-bond donors (Lipinski definition) is 1. The van der Waals surface area contributed by atoms with E-state index in [0.717, 1.165) is 63.4 Å². The van der Waals surface area contributed by atoms with Gasteiger partial charge < -0.3 is 15.1 Å². The fourth-order valence-corrected chi connectivity index (χ4v) is 5.85. The number of amides is 2. The molecule has 1 N–H and O–H groups in total. The molecule has 0 radical (unpaired) electrons. The van der Waals surface area contributed by atoms with Crippen LogP contribution in [0.4, 0.5) is 16.3 Å². The van der Waals surface area contributed by atoms with Crippen LogP contribution in [0.25, 0.3) is 0 Å². The van der Waals surface area contributed by atoms with E-state index in [4.69, 9.17) is 4.98 Å². The summed E-state index contributed by atoms with van der Waals surface area (Å²) < 4.78 is 0. The molecule has 5 rings (SSSR count). The maximum Gasteiger partial charge on any atom is 0.322 e. The predicted octanol–water partition coefficient (Wildman–Crippen LogP) is 3.13. The average Bonchev–Trinajstić information content (AvgIpc) is 3.16. The fraction of sp³-hybridized carbons (Fsp3) is 0.538. The molecule has 0 unspecified atom stereocenters. The summed E-state index contributed by atoms with van der Waals surface area (Å²) in [5.74, 6) is 0.998. The van der Waals surface area contributed by atoms with Crippen LogP contribution in [-0.4, -0.2) is 80.2 Å². The van der Waals surface area contributed by atoms with Gasteiger partial charge >= 0.3 is 6.03 Å². The lowest BCUT2D eigenvalue weighted by Gasteiger charge is -2.48. The quantitative estimate of drug-likeness (QED) is 0.779. The van der Waals surface area contributed by atoms with Gasteiger partial charge in [0.15, 0.2) is 0 Å². The van der Waals surface area contributed by atoms with Crippen molar-refractivity contribution in [3.8, 4) is 0 Å². The molecule has 0 bridgehead atoms. The number of pyridine rings is 1. The van der Waals surface area contributed by atoms with E-state index in [9.17, 15) is 4.79 Å². The number of carbonyl (C=O) groups is 1. The van der Waals surface area contributed by atoms with Gasteiger partial charge in [0.05, 0.1) is 24.0 Å². The second kappa shape index (κ2) is 8.61. The zero-order valence-corrected chi connectivity index (χ0v) is 20.1. The lowest BCUT2D eigenvalue weighted by molar-refractivity contribution is 0.0658. The molecule has 2 amide bonds. The van der Waals surface area contributed by atoms with Gasteiger partial charge in [-0.2, -0.15) is 0 Å². The largest absolute Gasteiger partial charge is 0.354 e. The molecule has 7 nitrogen and oxygen atoms in total. The smallest absolute Gasteiger partial charge is 0.322 e. The van der Waals surface area contributed by atoms with E-state index in [1.54, 1.807) is 0 Å². The molecular weight excluding hydrogens is 412 g/mol. The summed E-state index contributed by atoms with van der Waals surface area (Å²) in [4.78, 5) is 26.6. The van der Waals surface area contributed by atoms with Crippen molar-refractivity contribution in [1.82, 2.24) is 20.1 Å². The summed E-state index contributed by atoms with van der Waals surface area (Å²) >= 11 is 0. The topological polar surface area (TPSA) is 55.0 Å². The Kier molecular flexibility index (Phi) is 5.79. The fourth-order valence-electron chi connectivity index (χ4n) is 5.85. The maximum absolute atomic E-state index is 13.0. The van der Waals surface area contributed by atoms with Gasteiger partial charge in [-0.1, -0.05) is 30.3 Å². The lowest BCUT2D eigenvalue weighted by Crippen LogP contribution is -2.54. The molecule has 176 valence electrons. The third-order valence-corrected chi connectivity index (χ3v) is 8.15. The molecule has 3 fully saturated rings. The summed E-state index contributed by atoms with van der Waals surface area (Å²) in [6.45, 7) is 4.80. The second-order valence-electron chi connectivity index (χ2n) is 10.3. The van der Waals surface area contributed by atoms with Crippen LogP contribution in [0.1, 0.15) is 31.2 Å². The zero-order valence-electron chi connectivity index (χ0n) is 20.1. The van der Waals surface area contributed by atoms with E-state index in [-0.39, 0.29) is 17.1 Å². The number of benzene rings is 1. The molecule has 1 aromatic heterocycles. The molecule has 1 spiro atoms. The number of carbonyl (C=O) groups excluding carboxylic acids is 1. The Labute approximate surface area is 197 Å². The number of urea groups is 1. The highest BCUT2D eigenvalue weighted by molar-refractivity contribution is 5.95. The van der Waals surface area contributed by atoms with Crippen LogP contribution in [-0.2, 0) is 5.54 Å². The Hall–Kier alpha value is -2.64. The lowest BCUT2D eigenvalue weighted by atomic mass is 9.69. The van der Waals surface area contributed by atoms with Crippen molar-refractivity contribution in [3.63, 3.8) is 0 Å². The third kappa shape index (κ3) is 4.08. The van der Waals surface area contributed by atoms with Crippen molar-refractivity contribution in [3.05, 3.63) is 54.2 Å². The molecule has 1 saturated carbocycles. The highest BCUT2D eigenvalue weighted by Crippen LogP contribution is 2.46. The van der Waals surface area contributed by atoms with Crippen LogP contribution >= 0.6 is 0 Å². The Bertz CT molecular complexity index is 960. The molecule has 2 aliphatic heterocycles. The van der Waals surface area contributed by atoms with Crippen molar-refractivity contribution in [1.29, 1.82) is 0 Å². The Morgan fingerprint density at radius 1 is 0.939 bits per heavy atom. The van der Waals surface area contributed by atoms with E-state index < -0.39 is 0 Å². The first-order valence-electron chi connectivity index (χ1n) is 12.1. The summed E-state index contributed by atoms with van der Waals surface area (Å²) in [6, 6.07) is 14.9. The standard InChI is InChI=1S/C26H36N6O/c1-29(2)26(21-7-5-4-6-8-21)13-11-25(12-14-26)20-32(24(33)28-25)22-9-10-23(27-19-22)31-17-15-30(3)16-18-31/h4-10,19H,11-18,20H2,1-3H3,(H,28,33)/t25-,26+. The Morgan fingerprint density at radius 2 is 1.64 bits per heavy atom. The van der Waals surface area contributed by atoms with E-state index >= 15 is 0 Å². The number of nitrogens with one attached hydrogen (secondary N) is 1. The minimum Gasteiger partial charge on any atom is -0.354 e. The van der Waals surface area contributed by atoms with Crippen molar-refractivity contribution < 1.29 is 4.79 Å². The minimum absolute atomic E-state index is 0.00112. The molecule has 3 aliphatic rings. The van der Waals surface area contributed by atoms with Crippen LogP contribution < -0.4 is 15.1 Å². The number of anilines is 2. The van der Waals surface area contributed by atoms with Crippen LogP contribution in [0.3, 0.4) is 0 Å². The second-order valence-corrected chi connectivity index (χ2v) is 10.3. The summed E-state index contributed by atoms with van der Waals surface area (Å²) in [5.41, 5.74) is 2.11. The predicted molar refractivity (Wildman–Crippen MR) is 133 cm³/mol.